The fourth-order valence-electron chi connectivity index (χ4n) is 1.76. The third-order valence-electron chi connectivity index (χ3n) is 2.60. The lowest BCUT2D eigenvalue weighted by Gasteiger charge is -2.19. The third-order valence-corrected chi connectivity index (χ3v) is 2.60. The second-order valence-corrected chi connectivity index (χ2v) is 4.77. The van der Waals surface area contributed by atoms with E-state index in [4.69, 9.17) is 4.74 Å². The van der Waals surface area contributed by atoms with Gasteiger partial charge in [-0.15, -0.1) is 0 Å². The summed E-state index contributed by atoms with van der Waals surface area (Å²) in [5.41, 5.74) is 0.980. The molecule has 1 unspecified atom stereocenters. The number of carbonyl (C=O) groups excluding carboxylic acids is 2. The average Bonchev–Trinajstić information content (AvgIpc) is 2.38. The van der Waals surface area contributed by atoms with Crippen LogP contribution in [0.2, 0.25) is 0 Å². The molecule has 1 aromatic rings. The summed E-state index contributed by atoms with van der Waals surface area (Å²) in [5.74, 6) is -0.211. The first-order valence-corrected chi connectivity index (χ1v) is 6.80. The highest BCUT2D eigenvalue weighted by Gasteiger charge is 2.22. The molecule has 0 fully saturated rings. The van der Waals surface area contributed by atoms with E-state index in [0.717, 1.165) is 5.56 Å². The topological polar surface area (TPSA) is 67.4 Å². The summed E-state index contributed by atoms with van der Waals surface area (Å²) < 4.78 is 4.84. The summed E-state index contributed by atoms with van der Waals surface area (Å²) in [5, 5.41) is 5.40. The van der Waals surface area contributed by atoms with Crippen LogP contribution in [0, 0.1) is 0 Å². The highest BCUT2D eigenvalue weighted by molar-refractivity contribution is 5.86. The van der Waals surface area contributed by atoms with Crippen molar-refractivity contribution in [2.75, 3.05) is 6.61 Å². The van der Waals surface area contributed by atoms with Crippen molar-refractivity contribution in [3.8, 4) is 0 Å². The molecule has 0 aromatic heterocycles. The van der Waals surface area contributed by atoms with Crippen molar-refractivity contribution >= 4 is 12.0 Å². The molecule has 0 saturated heterocycles. The molecular formula is C15H22N2O3. The Kier molecular flexibility index (Phi) is 6.56. The van der Waals surface area contributed by atoms with Crippen molar-refractivity contribution < 1.29 is 14.3 Å². The molecule has 1 rings (SSSR count). The first-order chi connectivity index (χ1) is 9.52. The van der Waals surface area contributed by atoms with Crippen LogP contribution in [0.4, 0.5) is 4.79 Å². The molecule has 2 amide bonds. The number of nitrogens with one attached hydrogen (secondary N) is 2. The maximum atomic E-state index is 12.1. The van der Waals surface area contributed by atoms with Gasteiger partial charge < -0.3 is 15.4 Å². The van der Waals surface area contributed by atoms with Crippen LogP contribution in [-0.2, 0) is 16.0 Å². The number of hydrogen-bond acceptors (Lipinski definition) is 3. The SMILES string of the molecule is CCOC(=O)NC(Cc1ccccc1)C(=O)NC(C)C. The molecule has 1 atom stereocenters. The van der Waals surface area contributed by atoms with Gasteiger partial charge in [-0.05, 0) is 26.3 Å². The van der Waals surface area contributed by atoms with Gasteiger partial charge in [-0.3, -0.25) is 4.79 Å². The fourth-order valence-corrected chi connectivity index (χ4v) is 1.76. The summed E-state index contributed by atoms with van der Waals surface area (Å²) in [6.45, 7) is 5.75. The lowest BCUT2D eigenvalue weighted by molar-refractivity contribution is -0.123. The third kappa shape index (κ3) is 5.73. The monoisotopic (exact) mass is 278 g/mol. The Morgan fingerprint density at radius 1 is 1.15 bits per heavy atom. The van der Waals surface area contributed by atoms with Gasteiger partial charge in [0.1, 0.15) is 6.04 Å². The molecule has 0 aliphatic heterocycles. The van der Waals surface area contributed by atoms with Gasteiger partial charge in [0.25, 0.3) is 0 Å². The van der Waals surface area contributed by atoms with E-state index in [2.05, 4.69) is 10.6 Å². The number of benzene rings is 1. The molecule has 110 valence electrons. The Bertz CT molecular complexity index is 432. The molecule has 20 heavy (non-hydrogen) atoms. The van der Waals surface area contributed by atoms with E-state index in [-0.39, 0.29) is 18.6 Å². The minimum atomic E-state index is -0.640. The van der Waals surface area contributed by atoms with E-state index in [1.54, 1.807) is 6.92 Å². The minimum Gasteiger partial charge on any atom is -0.450 e. The van der Waals surface area contributed by atoms with Gasteiger partial charge in [0.2, 0.25) is 5.91 Å². The van der Waals surface area contributed by atoms with Gasteiger partial charge in [0, 0.05) is 12.5 Å². The summed E-state index contributed by atoms with van der Waals surface area (Å²) in [4.78, 5) is 23.6. The van der Waals surface area contributed by atoms with Gasteiger partial charge in [-0.2, -0.15) is 0 Å². The maximum absolute atomic E-state index is 12.1. The summed E-state index contributed by atoms with van der Waals surface area (Å²) in [6.07, 6.45) is -0.148. The number of ether oxygens (including phenoxy) is 1. The van der Waals surface area contributed by atoms with Crippen LogP contribution < -0.4 is 10.6 Å². The van der Waals surface area contributed by atoms with Crippen LogP contribution in [0.3, 0.4) is 0 Å². The van der Waals surface area contributed by atoms with E-state index in [0.29, 0.717) is 6.42 Å². The number of amides is 2. The van der Waals surface area contributed by atoms with Gasteiger partial charge in [0.15, 0.2) is 0 Å². The van der Waals surface area contributed by atoms with Crippen molar-refractivity contribution in [1.29, 1.82) is 0 Å². The molecule has 1 aromatic carbocycles. The Labute approximate surface area is 119 Å². The molecule has 0 heterocycles. The first kappa shape index (κ1) is 16.0. The van der Waals surface area contributed by atoms with Crippen LogP contribution >= 0.6 is 0 Å². The zero-order chi connectivity index (χ0) is 15.0. The van der Waals surface area contributed by atoms with E-state index >= 15 is 0 Å². The van der Waals surface area contributed by atoms with Gasteiger partial charge in [-0.25, -0.2) is 4.79 Å². The lowest BCUT2D eigenvalue weighted by Crippen LogP contribution is -2.49. The van der Waals surface area contributed by atoms with Crippen molar-refractivity contribution in [3.05, 3.63) is 35.9 Å². The number of carbonyl (C=O) groups is 2. The number of hydrogen-bond donors (Lipinski definition) is 2. The van der Waals surface area contributed by atoms with Gasteiger partial charge in [-0.1, -0.05) is 30.3 Å². The number of alkyl carbamates (subject to hydrolysis) is 1. The molecule has 5 heteroatoms. The van der Waals surface area contributed by atoms with Crippen LogP contribution in [0.1, 0.15) is 26.3 Å². The summed E-state index contributed by atoms with van der Waals surface area (Å²) in [7, 11) is 0. The Balaban J connectivity index is 2.73. The molecule has 0 bridgehead atoms. The number of rotatable bonds is 6. The predicted octanol–water partition coefficient (Wildman–Crippen LogP) is 1.87. The van der Waals surface area contributed by atoms with Crippen LogP contribution in [0.15, 0.2) is 30.3 Å². The van der Waals surface area contributed by atoms with E-state index < -0.39 is 12.1 Å². The Hall–Kier alpha value is -2.04. The zero-order valence-corrected chi connectivity index (χ0v) is 12.2. The second-order valence-electron chi connectivity index (χ2n) is 4.77. The fraction of sp³-hybridized carbons (Fsp3) is 0.467. The van der Waals surface area contributed by atoms with Crippen LogP contribution in [0.25, 0.3) is 0 Å². The molecule has 5 nitrogen and oxygen atoms in total. The molecular weight excluding hydrogens is 256 g/mol. The van der Waals surface area contributed by atoms with E-state index in [1.165, 1.54) is 0 Å². The van der Waals surface area contributed by atoms with Crippen molar-refractivity contribution in [1.82, 2.24) is 10.6 Å². The molecule has 0 radical (unpaired) electrons. The second kappa shape index (κ2) is 8.19. The molecule has 0 saturated carbocycles. The summed E-state index contributed by atoms with van der Waals surface area (Å²) in [6, 6.07) is 8.92. The standard InChI is InChI=1S/C15H22N2O3/c1-4-20-15(19)17-13(14(18)16-11(2)3)10-12-8-6-5-7-9-12/h5-9,11,13H,4,10H2,1-3H3,(H,16,18)(H,17,19). The quantitative estimate of drug-likeness (QED) is 0.834. The highest BCUT2D eigenvalue weighted by atomic mass is 16.5. The smallest absolute Gasteiger partial charge is 0.407 e. The normalized spacial score (nSPS) is 11.8. The summed E-state index contributed by atoms with van der Waals surface area (Å²) >= 11 is 0. The van der Waals surface area contributed by atoms with Crippen molar-refractivity contribution in [2.24, 2.45) is 0 Å². The zero-order valence-electron chi connectivity index (χ0n) is 12.2. The predicted molar refractivity (Wildman–Crippen MR) is 77.4 cm³/mol. The molecule has 0 aliphatic carbocycles. The van der Waals surface area contributed by atoms with E-state index in [1.807, 2.05) is 44.2 Å². The largest absolute Gasteiger partial charge is 0.450 e. The van der Waals surface area contributed by atoms with Gasteiger partial charge in [0.05, 0.1) is 6.61 Å². The van der Waals surface area contributed by atoms with Crippen LogP contribution in [-0.4, -0.2) is 30.7 Å². The van der Waals surface area contributed by atoms with Crippen molar-refractivity contribution in [3.63, 3.8) is 0 Å². The molecule has 0 spiro atoms. The highest BCUT2D eigenvalue weighted by Crippen LogP contribution is 2.04. The van der Waals surface area contributed by atoms with Crippen LogP contribution in [0.5, 0.6) is 0 Å². The maximum Gasteiger partial charge on any atom is 0.407 e. The van der Waals surface area contributed by atoms with Gasteiger partial charge >= 0.3 is 6.09 Å². The Morgan fingerprint density at radius 2 is 1.80 bits per heavy atom. The molecule has 0 aliphatic rings. The first-order valence-electron chi connectivity index (χ1n) is 6.80. The average molecular weight is 278 g/mol. The minimum absolute atomic E-state index is 0.0183. The van der Waals surface area contributed by atoms with Crippen molar-refractivity contribution in [2.45, 2.75) is 39.3 Å². The lowest BCUT2D eigenvalue weighted by atomic mass is 10.1. The molecule has 2 N–H and O–H groups in total. The van der Waals surface area contributed by atoms with E-state index in [9.17, 15) is 9.59 Å². The Morgan fingerprint density at radius 3 is 2.35 bits per heavy atom.